The van der Waals surface area contributed by atoms with Gasteiger partial charge in [0.1, 0.15) is 0 Å². The van der Waals surface area contributed by atoms with E-state index < -0.39 is 0 Å². The van der Waals surface area contributed by atoms with Crippen LogP contribution in [0.3, 0.4) is 0 Å². The molecule has 1 unspecified atom stereocenters. The fraction of sp³-hybridized carbons (Fsp3) is 0.462. The van der Waals surface area contributed by atoms with Gasteiger partial charge in [-0.2, -0.15) is 0 Å². The molecule has 0 spiro atoms. The normalized spacial score (nSPS) is 22.9. The Labute approximate surface area is 107 Å². The van der Waals surface area contributed by atoms with Crippen LogP contribution in [0.4, 0.5) is 5.69 Å². The average molecular weight is 247 g/mol. The predicted octanol–water partition coefficient (Wildman–Crippen LogP) is 2.04. The molecule has 0 radical (unpaired) electrons. The molecule has 1 aromatic carbocycles. The van der Waals surface area contributed by atoms with E-state index in [2.05, 4.69) is 28.4 Å². The van der Waals surface area contributed by atoms with Gasteiger partial charge in [0.15, 0.2) is 5.11 Å². The highest BCUT2D eigenvalue weighted by Gasteiger charge is 2.30. The molecule has 2 aliphatic rings. The van der Waals surface area contributed by atoms with Crippen LogP contribution in [0.25, 0.3) is 0 Å². The van der Waals surface area contributed by atoms with Crippen molar-refractivity contribution in [2.75, 3.05) is 18.4 Å². The summed E-state index contributed by atoms with van der Waals surface area (Å²) in [5, 5.41) is 3.36. The van der Waals surface area contributed by atoms with Crippen LogP contribution in [0.2, 0.25) is 0 Å². The van der Waals surface area contributed by atoms with Gasteiger partial charge >= 0.3 is 0 Å². The SMILES string of the molecule is NC(=S)Nc1ccc2c(c1)C1CCCN1CC2. The maximum Gasteiger partial charge on any atom is 0.168 e. The van der Waals surface area contributed by atoms with Gasteiger partial charge < -0.3 is 11.1 Å². The number of nitrogens with zero attached hydrogens (tertiary/aromatic N) is 1. The fourth-order valence-corrected chi connectivity index (χ4v) is 3.18. The molecule has 1 aromatic rings. The number of nitrogens with one attached hydrogen (secondary N) is 1. The first kappa shape index (κ1) is 11.0. The molecule has 90 valence electrons. The van der Waals surface area contributed by atoms with E-state index in [9.17, 15) is 0 Å². The van der Waals surface area contributed by atoms with E-state index >= 15 is 0 Å². The van der Waals surface area contributed by atoms with E-state index in [1.54, 1.807) is 0 Å². The Morgan fingerprint density at radius 2 is 2.29 bits per heavy atom. The Bertz CT molecular complexity index is 458. The third-order valence-corrected chi connectivity index (χ3v) is 3.91. The van der Waals surface area contributed by atoms with Crippen molar-refractivity contribution in [2.24, 2.45) is 5.73 Å². The fourth-order valence-electron chi connectivity index (χ4n) is 3.06. The maximum atomic E-state index is 5.52. The number of hydrogen-bond acceptors (Lipinski definition) is 2. The van der Waals surface area contributed by atoms with E-state index in [4.69, 9.17) is 18.0 Å². The summed E-state index contributed by atoms with van der Waals surface area (Å²) >= 11 is 4.88. The molecule has 4 heteroatoms. The number of anilines is 1. The molecule has 2 aliphatic heterocycles. The van der Waals surface area contributed by atoms with Crippen molar-refractivity contribution < 1.29 is 0 Å². The Balaban J connectivity index is 1.94. The van der Waals surface area contributed by atoms with E-state index in [0.29, 0.717) is 11.2 Å². The summed E-state index contributed by atoms with van der Waals surface area (Å²) in [6.07, 6.45) is 3.76. The zero-order chi connectivity index (χ0) is 11.8. The number of nitrogens with two attached hydrogens (primary N) is 1. The van der Waals surface area contributed by atoms with Gasteiger partial charge in [-0.15, -0.1) is 0 Å². The molecule has 0 saturated carbocycles. The van der Waals surface area contributed by atoms with Crippen LogP contribution in [0, 0.1) is 0 Å². The molecule has 3 nitrogen and oxygen atoms in total. The molecule has 0 amide bonds. The molecular weight excluding hydrogens is 230 g/mol. The van der Waals surface area contributed by atoms with E-state index in [1.807, 2.05) is 0 Å². The number of hydrogen-bond donors (Lipinski definition) is 2. The van der Waals surface area contributed by atoms with Crippen LogP contribution >= 0.6 is 12.2 Å². The van der Waals surface area contributed by atoms with Crippen molar-refractivity contribution in [3.63, 3.8) is 0 Å². The van der Waals surface area contributed by atoms with Crippen LogP contribution < -0.4 is 11.1 Å². The average Bonchev–Trinajstić information content (AvgIpc) is 2.76. The minimum absolute atomic E-state index is 0.337. The second-order valence-electron chi connectivity index (χ2n) is 4.85. The smallest absolute Gasteiger partial charge is 0.168 e. The number of fused-ring (bicyclic) bond motifs is 3. The molecule has 1 atom stereocenters. The van der Waals surface area contributed by atoms with Crippen molar-refractivity contribution in [2.45, 2.75) is 25.3 Å². The molecule has 1 fully saturated rings. The molecule has 3 N–H and O–H groups in total. The Morgan fingerprint density at radius 3 is 3.12 bits per heavy atom. The number of thiocarbonyl (C=S) groups is 1. The van der Waals surface area contributed by atoms with Crippen LogP contribution in [0.1, 0.15) is 30.0 Å². The molecule has 0 aromatic heterocycles. The highest BCUT2D eigenvalue weighted by atomic mass is 32.1. The van der Waals surface area contributed by atoms with Crippen LogP contribution in [-0.2, 0) is 6.42 Å². The van der Waals surface area contributed by atoms with E-state index in [-0.39, 0.29) is 0 Å². The Kier molecular flexibility index (Phi) is 2.76. The van der Waals surface area contributed by atoms with Crippen LogP contribution in [0.5, 0.6) is 0 Å². The third kappa shape index (κ3) is 2.03. The summed E-state index contributed by atoms with van der Waals surface area (Å²) in [6.45, 7) is 2.46. The van der Waals surface area contributed by atoms with Gasteiger partial charge in [-0.25, -0.2) is 0 Å². The molecular formula is C13H17N3S. The van der Waals surface area contributed by atoms with Crippen molar-refractivity contribution in [1.29, 1.82) is 0 Å². The van der Waals surface area contributed by atoms with Crippen LogP contribution in [0.15, 0.2) is 18.2 Å². The highest BCUT2D eigenvalue weighted by molar-refractivity contribution is 7.80. The summed E-state index contributed by atoms with van der Waals surface area (Å²) in [6, 6.07) is 7.12. The first-order valence-corrected chi connectivity index (χ1v) is 6.58. The lowest BCUT2D eigenvalue weighted by Crippen LogP contribution is -2.31. The van der Waals surface area contributed by atoms with Crippen molar-refractivity contribution in [1.82, 2.24) is 4.90 Å². The van der Waals surface area contributed by atoms with Gasteiger partial charge in [-0.3, -0.25) is 4.90 Å². The quantitative estimate of drug-likeness (QED) is 0.745. The molecule has 17 heavy (non-hydrogen) atoms. The predicted molar refractivity (Wildman–Crippen MR) is 74.1 cm³/mol. The molecule has 2 heterocycles. The Morgan fingerprint density at radius 1 is 1.41 bits per heavy atom. The van der Waals surface area contributed by atoms with Crippen LogP contribution in [-0.4, -0.2) is 23.1 Å². The summed E-state index contributed by atoms with van der Waals surface area (Å²) in [4.78, 5) is 2.59. The molecule has 0 aliphatic carbocycles. The highest BCUT2D eigenvalue weighted by Crippen LogP contribution is 2.38. The van der Waals surface area contributed by atoms with Crippen molar-refractivity contribution >= 4 is 23.0 Å². The largest absolute Gasteiger partial charge is 0.376 e. The number of rotatable bonds is 1. The van der Waals surface area contributed by atoms with Crippen molar-refractivity contribution in [3.8, 4) is 0 Å². The Hall–Kier alpha value is -1.13. The summed E-state index contributed by atoms with van der Waals surface area (Å²) in [5.74, 6) is 0. The standard InChI is InChI=1S/C13H17N3S/c14-13(17)15-10-4-3-9-5-7-16-6-1-2-12(16)11(9)8-10/h3-4,8,12H,1-2,5-7H2,(H3,14,15,17). The summed E-state index contributed by atoms with van der Waals surface area (Å²) in [7, 11) is 0. The minimum atomic E-state index is 0.337. The lowest BCUT2D eigenvalue weighted by molar-refractivity contribution is 0.244. The van der Waals surface area contributed by atoms with E-state index in [0.717, 1.165) is 5.69 Å². The van der Waals surface area contributed by atoms with Gasteiger partial charge in [0.2, 0.25) is 0 Å². The van der Waals surface area contributed by atoms with Gasteiger partial charge in [-0.05, 0) is 61.3 Å². The van der Waals surface area contributed by atoms with Gasteiger partial charge in [-0.1, -0.05) is 6.07 Å². The lowest BCUT2D eigenvalue weighted by Gasteiger charge is -2.32. The van der Waals surface area contributed by atoms with E-state index in [1.165, 1.54) is 43.5 Å². The second kappa shape index (κ2) is 4.27. The van der Waals surface area contributed by atoms with Gasteiger partial charge in [0, 0.05) is 18.3 Å². The lowest BCUT2D eigenvalue weighted by atomic mass is 9.92. The maximum absolute atomic E-state index is 5.52. The van der Waals surface area contributed by atoms with Gasteiger partial charge in [0.05, 0.1) is 0 Å². The zero-order valence-electron chi connectivity index (χ0n) is 9.78. The number of benzene rings is 1. The first-order valence-electron chi connectivity index (χ1n) is 6.17. The minimum Gasteiger partial charge on any atom is -0.376 e. The third-order valence-electron chi connectivity index (χ3n) is 3.80. The summed E-state index contributed by atoms with van der Waals surface area (Å²) in [5.41, 5.74) is 9.49. The topological polar surface area (TPSA) is 41.3 Å². The zero-order valence-corrected chi connectivity index (χ0v) is 10.6. The summed E-state index contributed by atoms with van der Waals surface area (Å²) < 4.78 is 0. The van der Waals surface area contributed by atoms with Crippen molar-refractivity contribution in [3.05, 3.63) is 29.3 Å². The molecule has 0 bridgehead atoms. The second-order valence-corrected chi connectivity index (χ2v) is 5.29. The molecule has 1 saturated heterocycles. The van der Waals surface area contributed by atoms with Gasteiger partial charge in [0.25, 0.3) is 0 Å². The molecule has 3 rings (SSSR count). The first-order chi connectivity index (χ1) is 8.24. The monoisotopic (exact) mass is 247 g/mol.